The molecule has 2 heteroatoms. The summed E-state index contributed by atoms with van der Waals surface area (Å²) in [5, 5.41) is 1.38. The Labute approximate surface area is 295 Å². The summed E-state index contributed by atoms with van der Waals surface area (Å²) in [6, 6.07) is 38.4. The summed E-state index contributed by atoms with van der Waals surface area (Å²) < 4.78 is 2.52. The monoisotopic (exact) mass is 644 g/mol. The van der Waals surface area contributed by atoms with Crippen molar-refractivity contribution in [3.8, 4) is 16.8 Å². The molecule has 0 radical (unpaired) electrons. The topological polar surface area (TPSA) is 8.17 Å². The van der Waals surface area contributed by atoms with Crippen LogP contribution in [0.4, 0.5) is 0 Å². The van der Waals surface area contributed by atoms with Crippen molar-refractivity contribution in [2.75, 3.05) is 0 Å². The first-order valence-corrected chi connectivity index (χ1v) is 18.3. The summed E-state index contributed by atoms with van der Waals surface area (Å²) in [7, 11) is 0. The van der Waals surface area contributed by atoms with Gasteiger partial charge < -0.3 is 9.47 Å². The lowest BCUT2D eigenvalue weighted by Gasteiger charge is -2.36. The SMILES string of the molecule is C1=CC(c2ccccc2)CC(N2C3=C(C=CC(c4ccc5c6c(n(-c7cccc(-c8ccccc8)c7)c5c4)C=CCC6)C3)C3C=CC=CC32)=C1. The van der Waals surface area contributed by atoms with Crippen LogP contribution in [0, 0.1) is 5.92 Å². The maximum Gasteiger partial charge on any atom is 0.0623 e. The Bertz CT molecular complexity index is 2340. The molecule has 1 aromatic heterocycles. The molecule has 4 aliphatic carbocycles. The predicted molar refractivity (Wildman–Crippen MR) is 208 cm³/mol. The van der Waals surface area contributed by atoms with E-state index >= 15 is 0 Å². The smallest absolute Gasteiger partial charge is 0.0623 e. The first-order chi connectivity index (χ1) is 24.8. The van der Waals surface area contributed by atoms with Gasteiger partial charge in [-0.15, -0.1) is 0 Å². The predicted octanol–water partition coefficient (Wildman–Crippen LogP) is 11.6. The highest BCUT2D eigenvalue weighted by Gasteiger charge is 2.41. The lowest BCUT2D eigenvalue weighted by Crippen LogP contribution is -2.33. The highest BCUT2D eigenvalue weighted by atomic mass is 15.2. The zero-order valence-corrected chi connectivity index (χ0v) is 28.2. The Morgan fingerprint density at radius 2 is 1.44 bits per heavy atom. The number of hydrogen-bond donors (Lipinski definition) is 0. The van der Waals surface area contributed by atoms with E-state index in [0.717, 1.165) is 25.7 Å². The van der Waals surface area contributed by atoms with Crippen LogP contribution in [0.3, 0.4) is 0 Å². The minimum atomic E-state index is 0.310. The summed E-state index contributed by atoms with van der Waals surface area (Å²) in [5.74, 6) is 1.10. The van der Waals surface area contributed by atoms with Crippen LogP contribution in [0.25, 0.3) is 33.8 Å². The molecule has 0 amide bonds. The molecule has 5 aromatic rings. The fraction of sp³-hybridized carbons (Fsp3) is 0.167. The maximum atomic E-state index is 2.70. The van der Waals surface area contributed by atoms with Crippen molar-refractivity contribution in [3.05, 3.63) is 203 Å². The fourth-order valence-corrected chi connectivity index (χ4v) is 9.14. The molecule has 10 rings (SSSR count). The van der Waals surface area contributed by atoms with Gasteiger partial charge in [-0.1, -0.05) is 140 Å². The molecule has 0 bridgehead atoms. The van der Waals surface area contributed by atoms with Gasteiger partial charge in [0.2, 0.25) is 0 Å². The molecule has 2 nitrogen and oxygen atoms in total. The number of benzene rings is 4. The second-order valence-electron chi connectivity index (χ2n) is 14.3. The van der Waals surface area contributed by atoms with E-state index in [1.54, 1.807) is 0 Å². The van der Waals surface area contributed by atoms with Crippen LogP contribution in [0.5, 0.6) is 0 Å². The van der Waals surface area contributed by atoms with Crippen LogP contribution in [-0.2, 0) is 6.42 Å². The quantitative estimate of drug-likeness (QED) is 0.185. The molecule has 5 aliphatic rings. The van der Waals surface area contributed by atoms with Gasteiger partial charge in [0.1, 0.15) is 0 Å². The van der Waals surface area contributed by atoms with Crippen LogP contribution in [-0.4, -0.2) is 15.5 Å². The molecule has 4 atom stereocenters. The van der Waals surface area contributed by atoms with Crippen molar-refractivity contribution in [1.82, 2.24) is 9.47 Å². The second kappa shape index (κ2) is 12.1. The molecule has 0 saturated carbocycles. The average molecular weight is 645 g/mol. The molecule has 50 heavy (non-hydrogen) atoms. The molecule has 4 aromatic carbocycles. The Morgan fingerprint density at radius 3 is 2.34 bits per heavy atom. The van der Waals surface area contributed by atoms with Gasteiger partial charge in [0.25, 0.3) is 0 Å². The Morgan fingerprint density at radius 1 is 0.620 bits per heavy atom. The highest BCUT2D eigenvalue weighted by molar-refractivity contribution is 5.91. The first kappa shape index (κ1) is 29.3. The van der Waals surface area contributed by atoms with Crippen LogP contribution in [0.2, 0.25) is 0 Å². The number of allylic oxidation sites excluding steroid dienone is 10. The van der Waals surface area contributed by atoms with Gasteiger partial charge in [-0.05, 0) is 89.4 Å². The second-order valence-corrected chi connectivity index (χ2v) is 14.3. The van der Waals surface area contributed by atoms with E-state index in [9.17, 15) is 0 Å². The summed E-state index contributed by atoms with van der Waals surface area (Å²) >= 11 is 0. The lowest BCUT2D eigenvalue weighted by atomic mass is 9.84. The lowest BCUT2D eigenvalue weighted by molar-refractivity contribution is 0.337. The molecule has 0 N–H and O–H groups in total. The molecule has 4 unspecified atom stereocenters. The normalized spacial score (nSPS) is 23.3. The van der Waals surface area contributed by atoms with E-state index in [1.165, 1.54) is 67.1 Å². The Hall–Kier alpha value is -5.60. The number of hydrogen-bond acceptors (Lipinski definition) is 1. The van der Waals surface area contributed by atoms with Crippen molar-refractivity contribution in [1.29, 1.82) is 0 Å². The summed E-state index contributed by atoms with van der Waals surface area (Å²) in [6.45, 7) is 0. The van der Waals surface area contributed by atoms with Crippen molar-refractivity contribution in [3.63, 3.8) is 0 Å². The Balaban J connectivity index is 1.03. The van der Waals surface area contributed by atoms with Crippen molar-refractivity contribution in [2.24, 2.45) is 5.92 Å². The molecular weight excluding hydrogens is 605 g/mol. The van der Waals surface area contributed by atoms with E-state index < -0.39 is 0 Å². The van der Waals surface area contributed by atoms with E-state index in [-0.39, 0.29) is 0 Å². The largest absolute Gasteiger partial charge is 0.341 e. The van der Waals surface area contributed by atoms with E-state index in [1.807, 2.05) is 0 Å². The highest BCUT2D eigenvalue weighted by Crippen LogP contribution is 2.49. The number of fused-ring (bicyclic) bond motifs is 5. The van der Waals surface area contributed by atoms with Crippen molar-refractivity contribution >= 4 is 17.0 Å². The first-order valence-electron chi connectivity index (χ1n) is 18.3. The molecule has 0 spiro atoms. The third kappa shape index (κ3) is 4.85. The minimum absolute atomic E-state index is 0.310. The van der Waals surface area contributed by atoms with Gasteiger partial charge in [0, 0.05) is 45.9 Å². The molecule has 1 aliphatic heterocycles. The number of aryl methyl sites for hydroxylation is 1. The van der Waals surface area contributed by atoms with Crippen LogP contribution < -0.4 is 0 Å². The average Bonchev–Trinajstić information content (AvgIpc) is 3.71. The van der Waals surface area contributed by atoms with Crippen LogP contribution in [0.15, 0.2) is 181 Å². The van der Waals surface area contributed by atoms with Crippen molar-refractivity contribution in [2.45, 2.75) is 43.6 Å². The summed E-state index contributed by atoms with van der Waals surface area (Å²) in [5.41, 5.74) is 15.0. The van der Waals surface area contributed by atoms with Crippen LogP contribution in [0.1, 0.15) is 53.5 Å². The van der Waals surface area contributed by atoms with Gasteiger partial charge >= 0.3 is 0 Å². The third-order valence-electron chi connectivity index (χ3n) is 11.5. The molecule has 2 heterocycles. The van der Waals surface area contributed by atoms with Crippen LogP contribution >= 0.6 is 0 Å². The van der Waals surface area contributed by atoms with Gasteiger partial charge in [-0.2, -0.15) is 0 Å². The minimum Gasteiger partial charge on any atom is -0.341 e. The maximum absolute atomic E-state index is 2.70. The summed E-state index contributed by atoms with van der Waals surface area (Å²) in [6.07, 6.45) is 30.2. The number of nitrogens with zero attached hydrogens (tertiary/aromatic N) is 2. The van der Waals surface area contributed by atoms with Gasteiger partial charge in [0.05, 0.1) is 11.6 Å². The standard InChI is InChI=1S/C48H40N2/c1-3-13-33(14-4-1)35-17-11-19-39(29-35)49-45-23-9-7-21-41(45)43-27-25-37(31-47(43)49)38-26-28-44-42-22-8-10-24-46(42)50(48(44)32-38)40-20-12-18-36(30-40)34-15-5-2-6-16-34/h1-7,9-21,23-28,30,32,35,37,41,45H,8,22,29,31H2. The zero-order chi connectivity index (χ0) is 33.0. The molecule has 242 valence electrons. The van der Waals surface area contributed by atoms with Gasteiger partial charge in [-0.25, -0.2) is 0 Å². The van der Waals surface area contributed by atoms with E-state index in [0.29, 0.717) is 23.8 Å². The van der Waals surface area contributed by atoms with Gasteiger partial charge in [-0.3, -0.25) is 0 Å². The van der Waals surface area contributed by atoms with E-state index in [4.69, 9.17) is 0 Å². The van der Waals surface area contributed by atoms with Crippen molar-refractivity contribution < 1.29 is 0 Å². The molecular formula is C48H40N2. The third-order valence-corrected chi connectivity index (χ3v) is 11.5. The number of rotatable bonds is 5. The van der Waals surface area contributed by atoms with E-state index in [2.05, 4.69) is 179 Å². The zero-order valence-electron chi connectivity index (χ0n) is 28.2. The number of aromatic nitrogens is 1. The fourth-order valence-electron chi connectivity index (χ4n) is 9.14. The molecule has 0 fully saturated rings. The van der Waals surface area contributed by atoms with Gasteiger partial charge in [0.15, 0.2) is 0 Å². The summed E-state index contributed by atoms with van der Waals surface area (Å²) in [4.78, 5) is 2.70. The Kier molecular flexibility index (Phi) is 7.08. The molecule has 0 saturated heterocycles.